The maximum atomic E-state index is 10.7. The summed E-state index contributed by atoms with van der Waals surface area (Å²) in [6, 6.07) is 0. The van der Waals surface area contributed by atoms with Crippen LogP contribution in [0.15, 0.2) is 0 Å². The van der Waals surface area contributed by atoms with Crippen molar-refractivity contribution < 1.29 is 15.3 Å². The van der Waals surface area contributed by atoms with Crippen LogP contribution >= 0.6 is 0 Å². The molecule has 2 rings (SSSR count). The lowest BCUT2D eigenvalue weighted by Gasteiger charge is -2.63. The highest BCUT2D eigenvalue weighted by Crippen LogP contribution is 2.65. The monoisotopic (exact) mass is 270 g/mol. The average molecular weight is 270 g/mol. The summed E-state index contributed by atoms with van der Waals surface area (Å²) in [4.78, 5) is 0. The van der Waals surface area contributed by atoms with Gasteiger partial charge in [-0.05, 0) is 66.7 Å². The predicted molar refractivity (Wildman–Crippen MR) is 75.8 cm³/mol. The summed E-state index contributed by atoms with van der Waals surface area (Å²) < 4.78 is 0. The van der Waals surface area contributed by atoms with Crippen LogP contribution in [0.2, 0.25) is 0 Å². The third-order valence-corrected chi connectivity index (χ3v) is 6.02. The Morgan fingerprint density at radius 2 is 1.16 bits per heavy atom. The van der Waals surface area contributed by atoms with E-state index in [2.05, 4.69) is 0 Å². The zero-order chi connectivity index (χ0) is 14.7. The first-order valence-electron chi connectivity index (χ1n) is 7.50. The highest BCUT2D eigenvalue weighted by molar-refractivity contribution is 5.13. The van der Waals surface area contributed by atoms with Gasteiger partial charge in [0.1, 0.15) is 0 Å². The van der Waals surface area contributed by atoms with Gasteiger partial charge in [-0.15, -0.1) is 0 Å². The van der Waals surface area contributed by atoms with Gasteiger partial charge in [0.25, 0.3) is 0 Å². The Hall–Kier alpha value is -0.120. The predicted octanol–water partition coefficient (Wildman–Crippen LogP) is 2.62. The Balaban J connectivity index is 2.49. The SMILES string of the molecule is CC1(O)CC2(C(C)(C)O)CCCC(C(C)(C)O)(C1)C2. The van der Waals surface area contributed by atoms with Gasteiger partial charge in [-0.25, -0.2) is 0 Å². The summed E-state index contributed by atoms with van der Waals surface area (Å²) in [5.74, 6) is 0. The topological polar surface area (TPSA) is 60.7 Å². The summed E-state index contributed by atoms with van der Waals surface area (Å²) >= 11 is 0. The smallest absolute Gasteiger partial charge is 0.0649 e. The minimum Gasteiger partial charge on any atom is -0.390 e. The molecule has 0 aromatic carbocycles. The van der Waals surface area contributed by atoms with Crippen molar-refractivity contribution in [2.75, 3.05) is 0 Å². The summed E-state index contributed by atoms with van der Waals surface area (Å²) in [5.41, 5.74) is -3.03. The Bertz CT molecular complexity index is 329. The van der Waals surface area contributed by atoms with Crippen LogP contribution < -0.4 is 0 Å². The second-order valence-electron chi connectivity index (χ2n) is 8.56. The lowest BCUT2D eigenvalue weighted by molar-refractivity contribution is -0.231. The molecule has 0 radical (unpaired) electrons. The molecule has 2 saturated carbocycles. The molecular weight excluding hydrogens is 240 g/mol. The van der Waals surface area contributed by atoms with E-state index in [4.69, 9.17) is 0 Å². The van der Waals surface area contributed by atoms with Crippen LogP contribution in [-0.4, -0.2) is 32.1 Å². The number of hydrogen-bond donors (Lipinski definition) is 3. The third-order valence-electron chi connectivity index (χ3n) is 6.02. The van der Waals surface area contributed by atoms with Gasteiger partial charge in [0.2, 0.25) is 0 Å². The molecule has 2 bridgehead atoms. The van der Waals surface area contributed by atoms with E-state index < -0.39 is 16.8 Å². The Kier molecular flexibility index (Phi) is 3.18. The van der Waals surface area contributed by atoms with Gasteiger partial charge in [0.05, 0.1) is 16.8 Å². The van der Waals surface area contributed by atoms with E-state index in [1.165, 1.54) is 0 Å². The molecule has 0 saturated heterocycles. The number of fused-ring (bicyclic) bond motifs is 2. The second-order valence-corrected chi connectivity index (χ2v) is 8.56. The first-order chi connectivity index (χ1) is 8.33. The normalized spacial score (nSPS) is 44.2. The molecule has 0 aliphatic heterocycles. The van der Waals surface area contributed by atoms with Crippen molar-refractivity contribution in [3.8, 4) is 0 Å². The van der Waals surface area contributed by atoms with Crippen LogP contribution in [0.25, 0.3) is 0 Å². The van der Waals surface area contributed by atoms with E-state index in [9.17, 15) is 15.3 Å². The Labute approximate surface area is 117 Å². The lowest BCUT2D eigenvalue weighted by atomic mass is 9.44. The van der Waals surface area contributed by atoms with Gasteiger partial charge >= 0.3 is 0 Å². The standard InChI is InChI=1S/C16H30O3/c1-12(2,17)15-7-6-8-16(11-15,13(3,4)18)10-14(5,19)9-15/h17-19H,6-11H2,1-5H3. The summed E-state index contributed by atoms with van der Waals surface area (Å²) in [6.45, 7) is 9.28. The first kappa shape index (κ1) is 15.3. The minimum atomic E-state index is -0.825. The number of hydrogen-bond acceptors (Lipinski definition) is 3. The molecule has 2 aliphatic carbocycles. The molecule has 0 amide bonds. The van der Waals surface area contributed by atoms with E-state index in [0.717, 1.165) is 25.7 Å². The van der Waals surface area contributed by atoms with Crippen LogP contribution in [0.1, 0.15) is 73.1 Å². The van der Waals surface area contributed by atoms with Gasteiger partial charge in [0.15, 0.2) is 0 Å². The van der Waals surface area contributed by atoms with E-state index in [1.807, 2.05) is 34.6 Å². The Morgan fingerprint density at radius 1 is 0.789 bits per heavy atom. The van der Waals surface area contributed by atoms with E-state index in [-0.39, 0.29) is 10.8 Å². The largest absolute Gasteiger partial charge is 0.390 e. The molecule has 112 valence electrons. The molecular formula is C16H30O3. The zero-order valence-corrected chi connectivity index (χ0v) is 13.1. The molecule has 0 spiro atoms. The highest BCUT2D eigenvalue weighted by Gasteiger charge is 2.63. The van der Waals surface area contributed by atoms with Crippen molar-refractivity contribution in [2.45, 2.75) is 89.9 Å². The van der Waals surface area contributed by atoms with Crippen LogP contribution in [0.5, 0.6) is 0 Å². The molecule has 2 unspecified atom stereocenters. The second kappa shape index (κ2) is 3.96. The molecule has 3 heteroatoms. The number of rotatable bonds is 2. The van der Waals surface area contributed by atoms with Crippen molar-refractivity contribution in [3.05, 3.63) is 0 Å². The van der Waals surface area contributed by atoms with Gasteiger partial charge in [0, 0.05) is 10.8 Å². The van der Waals surface area contributed by atoms with Gasteiger partial charge in [-0.2, -0.15) is 0 Å². The molecule has 0 aromatic heterocycles. The fourth-order valence-electron chi connectivity index (χ4n) is 4.89. The van der Waals surface area contributed by atoms with Crippen molar-refractivity contribution in [1.82, 2.24) is 0 Å². The first-order valence-corrected chi connectivity index (χ1v) is 7.50. The van der Waals surface area contributed by atoms with Crippen molar-refractivity contribution >= 4 is 0 Å². The fraction of sp³-hybridized carbons (Fsp3) is 1.00. The molecule has 2 aliphatic rings. The minimum absolute atomic E-state index is 0.285. The van der Waals surface area contributed by atoms with Gasteiger partial charge in [-0.1, -0.05) is 6.42 Å². The van der Waals surface area contributed by atoms with Crippen LogP contribution in [0.3, 0.4) is 0 Å². The van der Waals surface area contributed by atoms with Crippen molar-refractivity contribution in [2.24, 2.45) is 10.8 Å². The fourth-order valence-corrected chi connectivity index (χ4v) is 4.89. The van der Waals surface area contributed by atoms with Gasteiger partial charge in [-0.3, -0.25) is 0 Å². The zero-order valence-electron chi connectivity index (χ0n) is 13.1. The maximum absolute atomic E-state index is 10.7. The molecule has 3 N–H and O–H groups in total. The molecule has 19 heavy (non-hydrogen) atoms. The lowest BCUT2D eigenvalue weighted by Crippen LogP contribution is -2.63. The van der Waals surface area contributed by atoms with Crippen molar-refractivity contribution in [1.29, 1.82) is 0 Å². The van der Waals surface area contributed by atoms with Crippen LogP contribution in [0, 0.1) is 10.8 Å². The molecule has 0 heterocycles. The molecule has 2 atom stereocenters. The van der Waals surface area contributed by atoms with Gasteiger partial charge < -0.3 is 15.3 Å². The Morgan fingerprint density at radius 3 is 1.47 bits per heavy atom. The molecule has 0 aromatic rings. The maximum Gasteiger partial charge on any atom is 0.0649 e. The summed E-state index contributed by atoms with van der Waals surface area (Å²) in [6.07, 6.45) is 4.95. The van der Waals surface area contributed by atoms with Crippen LogP contribution in [-0.2, 0) is 0 Å². The van der Waals surface area contributed by atoms with Crippen LogP contribution in [0.4, 0.5) is 0 Å². The molecule has 3 nitrogen and oxygen atoms in total. The third kappa shape index (κ3) is 2.34. The summed E-state index contributed by atoms with van der Waals surface area (Å²) in [5, 5.41) is 32.0. The summed E-state index contributed by atoms with van der Waals surface area (Å²) in [7, 11) is 0. The average Bonchev–Trinajstić information content (AvgIpc) is 2.11. The van der Waals surface area contributed by atoms with E-state index in [0.29, 0.717) is 12.8 Å². The number of aliphatic hydroxyl groups is 3. The van der Waals surface area contributed by atoms with E-state index in [1.54, 1.807) is 0 Å². The quantitative estimate of drug-likeness (QED) is 0.723. The van der Waals surface area contributed by atoms with Crippen molar-refractivity contribution in [3.63, 3.8) is 0 Å². The highest BCUT2D eigenvalue weighted by atomic mass is 16.3. The molecule has 2 fully saturated rings. The van der Waals surface area contributed by atoms with E-state index >= 15 is 0 Å².